The van der Waals surface area contributed by atoms with Crippen LogP contribution < -0.4 is 5.32 Å². The molecule has 0 aromatic carbocycles. The van der Waals surface area contributed by atoms with Gasteiger partial charge in [0.2, 0.25) is 0 Å². The highest BCUT2D eigenvalue weighted by Crippen LogP contribution is 2.19. The van der Waals surface area contributed by atoms with Crippen LogP contribution >= 0.6 is 0 Å². The molecule has 0 bridgehead atoms. The first kappa shape index (κ1) is 12.4. The zero-order chi connectivity index (χ0) is 13.1. The van der Waals surface area contributed by atoms with Gasteiger partial charge in [-0.1, -0.05) is 13.0 Å². The number of aryl methyl sites for hydroxylation is 1. The van der Waals surface area contributed by atoms with E-state index < -0.39 is 0 Å². The van der Waals surface area contributed by atoms with Gasteiger partial charge in [-0.15, -0.1) is 0 Å². The summed E-state index contributed by atoms with van der Waals surface area (Å²) < 4.78 is 2.07. The minimum atomic E-state index is 0.740. The van der Waals surface area contributed by atoms with Gasteiger partial charge < -0.3 is 5.32 Å². The molecule has 1 fully saturated rings. The van der Waals surface area contributed by atoms with Gasteiger partial charge in [0.15, 0.2) is 0 Å². The Balaban J connectivity index is 1.71. The highest BCUT2D eigenvalue weighted by molar-refractivity contribution is 5.27. The summed E-state index contributed by atoms with van der Waals surface area (Å²) in [5, 5.41) is 3.50. The lowest BCUT2D eigenvalue weighted by atomic mass is 10.2. The van der Waals surface area contributed by atoms with E-state index in [1.54, 1.807) is 0 Å². The van der Waals surface area contributed by atoms with Crippen molar-refractivity contribution >= 4 is 0 Å². The fourth-order valence-corrected chi connectivity index (χ4v) is 2.16. The van der Waals surface area contributed by atoms with Gasteiger partial charge in [-0.3, -0.25) is 4.57 Å². The molecule has 0 atom stereocenters. The molecule has 0 spiro atoms. The maximum atomic E-state index is 4.55. The molecule has 0 radical (unpaired) electrons. The second kappa shape index (κ2) is 5.53. The van der Waals surface area contributed by atoms with Gasteiger partial charge in [0.05, 0.1) is 0 Å². The molecule has 1 saturated carbocycles. The molecule has 1 aliphatic carbocycles. The number of pyridine rings is 1. The second-order valence-corrected chi connectivity index (χ2v) is 5.14. The Hall–Kier alpha value is -1.68. The summed E-state index contributed by atoms with van der Waals surface area (Å²) in [4.78, 5) is 8.93. The number of rotatable bonds is 6. The van der Waals surface area contributed by atoms with E-state index in [0.717, 1.165) is 37.1 Å². The summed E-state index contributed by atoms with van der Waals surface area (Å²) in [5.41, 5.74) is 1.24. The van der Waals surface area contributed by atoms with Crippen molar-refractivity contribution in [1.82, 2.24) is 19.9 Å². The number of imidazole rings is 1. The number of aromatic nitrogens is 3. The lowest BCUT2D eigenvalue weighted by molar-refractivity contribution is 0.685. The Kier molecular flexibility index (Phi) is 3.60. The van der Waals surface area contributed by atoms with Gasteiger partial charge in [0.25, 0.3) is 0 Å². The third-order valence-corrected chi connectivity index (χ3v) is 3.42. The minimum Gasteiger partial charge on any atom is -0.310 e. The normalized spacial score (nSPS) is 14.8. The first-order valence-corrected chi connectivity index (χ1v) is 7.07. The second-order valence-electron chi connectivity index (χ2n) is 5.14. The van der Waals surface area contributed by atoms with Crippen molar-refractivity contribution in [2.45, 2.75) is 45.2 Å². The van der Waals surface area contributed by atoms with E-state index in [-0.39, 0.29) is 0 Å². The van der Waals surface area contributed by atoms with Crippen LogP contribution in [-0.4, -0.2) is 20.6 Å². The van der Waals surface area contributed by atoms with Crippen LogP contribution in [0.15, 0.2) is 30.7 Å². The van der Waals surface area contributed by atoms with Crippen molar-refractivity contribution in [3.63, 3.8) is 0 Å². The van der Waals surface area contributed by atoms with E-state index in [1.807, 2.05) is 18.6 Å². The molecule has 0 aliphatic heterocycles. The molecule has 3 rings (SSSR count). The summed E-state index contributed by atoms with van der Waals surface area (Å²) in [6.45, 7) is 3.09. The third kappa shape index (κ3) is 3.01. The molecule has 2 aromatic heterocycles. The van der Waals surface area contributed by atoms with Crippen LogP contribution in [0.1, 0.15) is 37.6 Å². The summed E-state index contributed by atoms with van der Waals surface area (Å²) in [5.74, 6) is 2.04. The molecular weight excluding hydrogens is 236 g/mol. The van der Waals surface area contributed by atoms with Crippen LogP contribution in [0.2, 0.25) is 0 Å². The van der Waals surface area contributed by atoms with E-state index in [9.17, 15) is 0 Å². The zero-order valence-corrected chi connectivity index (χ0v) is 11.3. The van der Waals surface area contributed by atoms with Crippen molar-refractivity contribution in [3.05, 3.63) is 42.1 Å². The first-order chi connectivity index (χ1) is 9.36. The predicted molar refractivity (Wildman–Crippen MR) is 75.2 cm³/mol. The topological polar surface area (TPSA) is 42.7 Å². The smallest absolute Gasteiger partial charge is 0.137 e. The van der Waals surface area contributed by atoms with Gasteiger partial charge in [-0.05, 0) is 30.9 Å². The molecule has 2 heterocycles. The zero-order valence-electron chi connectivity index (χ0n) is 11.3. The number of nitrogens with zero attached hydrogens (tertiary/aromatic N) is 3. The maximum Gasteiger partial charge on any atom is 0.137 e. The molecule has 1 aliphatic rings. The monoisotopic (exact) mass is 256 g/mol. The third-order valence-electron chi connectivity index (χ3n) is 3.42. The van der Waals surface area contributed by atoms with Gasteiger partial charge in [-0.25, -0.2) is 9.97 Å². The number of hydrogen-bond donors (Lipinski definition) is 1. The molecule has 0 amide bonds. The molecule has 0 unspecified atom stereocenters. The lowest BCUT2D eigenvalue weighted by Gasteiger charge is -2.07. The van der Waals surface area contributed by atoms with Gasteiger partial charge in [0, 0.05) is 37.6 Å². The van der Waals surface area contributed by atoms with Crippen LogP contribution in [0, 0.1) is 0 Å². The largest absolute Gasteiger partial charge is 0.310 e. The summed E-state index contributed by atoms with van der Waals surface area (Å²) >= 11 is 0. The Morgan fingerprint density at radius 2 is 2.21 bits per heavy atom. The van der Waals surface area contributed by atoms with E-state index in [1.165, 1.54) is 18.4 Å². The van der Waals surface area contributed by atoms with Gasteiger partial charge in [0.1, 0.15) is 11.6 Å². The van der Waals surface area contributed by atoms with E-state index in [4.69, 9.17) is 0 Å². The van der Waals surface area contributed by atoms with Gasteiger partial charge >= 0.3 is 0 Å². The fraction of sp³-hybridized carbons (Fsp3) is 0.467. The van der Waals surface area contributed by atoms with Crippen molar-refractivity contribution in [2.24, 2.45) is 0 Å². The highest BCUT2D eigenvalue weighted by Gasteiger charge is 2.19. The average Bonchev–Trinajstić information content (AvgIpc) is 3.16. The fourth-order valence-electron chi connectivity index (χ4n) is 2.16. The summed E-state index contributed by atoms with van der Waals surface area (Å²) in [6.07, 6.45) is 10.5. The summed E-state index contributed by atoms with van der Waals surface area (Å²) in [6, 6.07) is 4.96. The molecule has 19 heavy (non-hydrogen) atoms. The van der Waals surface area contributed by atoms with Gasteiger partial charge in [-0.2, -0.15) is 0 Å². The van der Waals surface area contributed by atoms with Crippen molar-refractivity contribution in [3.8, 4) is 5.82 Å². The van der Waals surface area contributed by atoms with Crippen molar-refractivity contribution < 1.29 is 0 Å². The van der Waals surface area contributed by atoms with Crippen molar-refractivity contribution in [1.29, 1.82) is 0 Å². The summed E-state index contributed by atoms with van der Waals surface area (Å²) in [7, 11) is 0. The van der Waals surface area contributed by atoms with E-state index in [2.05, 4.69) is 38.9 Å². The first-order valence-electron chi connectivity index (χ1n) is 7.07. The van der Waals surface area contributed by atoms with E-state index >= 15 is 0 Å². The Labute approximate surface area is 113 Å². The lowest BCUT2D eigenvalue weighted by Crippen LogP contribution is -2.15. The maximum absolute atomic E-state index is 4.55. The average molecular weight is 256 g/mol. The van der Waals surface area contributed by atoms with Crippen molar-refractivity contribution in [2.75, 3.05) is 0 Å². The minimum absolute atomic E-state index is 0.740. The molecule has 4 heteroatoms. The SMILES string of the molecule is CCCc1nccn1-c1ccc(CNC2CC2)cn1. The Morgan fingerprint density at radius 3 is 2.89 bits per heavy atom. The highest BCUT2D eigenvalue weighted by atomic mass is 15.1. The molecule has 0 saturated heterocycles. The van der Waals surface area contributed by atoms with Crippen LogP contribution in [0.4, 0.5) is 0 Å². The van der Waals surface area contributed by atoms with Crippen LogP contribution in [0.3, 0.4) is 0 Å². The van der Waals surface area contributed by atoms with Crippen LogP contribution in [0.25, 0.3) is 5.82 Å². The predicted octanol–water partition coefficient (Wildman–Crippen LogP) is 2.47. The standard InChI is InChI=1S/C15H20N4/c1-2-3-14-16-8-9-19(14)15-7-4-12(11-18-15)10-17-13-5-6-13/h4,7-9,11,13,17H,2-3,5-6,10H2,1H3. The van der Waals surface area contributed by atoms with Crippen LogP contribution in [0.5, 0.6) is 0 Å². The quantitative estimate of drug-likeness (QED) is 0.863. The number of nitrogens with one attached hydrogen (secondary N) is 1. The van der Waals surface area contributed by atoms with Crippen LogP contribution in [-0.2, 0) is 13.0 Å². The number of hydrogen-bond acceptors (Lipinski definition) is 3. The molecule has 2 aromatic rings. The molecule has 4 nitrogen and oxygen atoms in total. The van der Waals surface area contributed by atoms with E-state index in [0.29, 0.717) is 0 Å². The molecular formula is C15H20N4. The Morgan fingerprint density at radius 1 is 1.32 bits per heavy atom. The molecule has 1 N–H and O–H groups in total. The Bertz CT molecular complexity index is 525. The molecule has 100 valence electrons.